The molecule has 6 nitrogen and oxygen atoms in total. The molecule has 0 spiro atoms. The van der Waals surface area contributed by atoms with Crippen LogP contribution in [-0.4, -0.2) is 31.2 Å². The van der Waals surface area contributed by atoms with Gasteiger partial charge in [0, 0.05) is 30.1 Å². The third-order valence-corrected chi connectivity index (χ3v) is 5.81. The topological polar surface area (TPSA) is 86.7 Å². The summed E-state index contributed by atoms with van der Waals surface area (Å²) >= 11 is 0. The van der Waals surface area contributed by atoms with Crippen molar-refractivity contribution in [2.75, 3.05) is 6.61 Å². The van der Waals surface area contributed by atoms with E-state index in [0.717, 1.165) is 34.9 Å². The number of imidazole rings is 1. The molecular weight excluding hydrogens is 280 g/mol. The number of nitrogens with one attached hydrogen (secondary N) is 2. The predicted octanol–water partition coefficient (Wildman–Crippen LogP) is 1.79. The van der Waals surface area contributed by atoms with Crippen LogP contribution < -0.4 is 5.69 Å². The second-order valence-electron chi connectivity index (χ2n) is 6.73. The van der Waals surface area contributed by atoms with Gasteiger partial charge in [0.05, 0.1) is 17.2 Å². The van der Waals surface area contributed by atoms with Crippen LogP contribution in [0.1, 0.15) is 25.3 Å². The lowest BCUT2D eigenvalue weighted by Crippen LogP contribution is -2.33. The molecule has 2 fully saturated rings. The highest BCUT2D eigenvalue weighted by Crippen LogP contribution is 2.54. The molecule has 0 radical (unpaired) electrons. The zero-order valence-electron chi connectivity index (χ0n) is 12.1. The van der Waals surface area contributed by atoms with Crippen molar-refractivity contribution in [3.05, 3.63) is 28.9 Å². The van der Waals surface area contributed by atoms with Crippen molar-refractivity contribution in [3.8, 4) is 0 Å². The first-order valence-corrected chi connectivity index (χ1v) is 7.95. The third kappa shape index (κ3) is 1.43. The van der Waals surface area contributed by atoms with Gasteiger partial charge < -0.3 is 15.1 Å². The molecule has 3 aromatic rings. The quantitative estimate of drug-likeness (QED) is 0.674. The van der Waals surface area contributed by atoms with Crippen LogP contribution in [-0.2, 0) is 0 Å². The van der Waals surface area contributed by atoms with Crippen LogP contribution in [0.3, 0.4) is 0 Å². The van der Waals surface area contributed by atoms with E-state index in [0.29, 0.717) is 11.8 Å². The number of fused-ring (bicyclic) bond motifs is 5. The van der Waals surface area contributed by atoms with E-state index in [1.165, 1.54) is 6.42 Å². The minimum Gasteiger partial charge on any atom is -0.396 e. The molecule has 4 atom stereocenters. The standard InChI is InChI=1S/C16H18N4O2/c21-7-11-8-1-2-9(5-8)13(11)20-14-10-3-4-17-15(10)18-6-12(14)19-16(20)22/h3-4,6,8-9,11,13,21H,1-2,5,7H2,(H,17,18)(H,19,22). The summed E-state index contributed by atoms with van der Waals surface area (Å²) in [7, 11) is 0. The van der Waals surface area contributed by atoms with Gasteiger partial charge in [0.15, 0.2) is 0 Å². The van der Waals surface area contributed by atoms with Crippen LogP contribution in [0.4, 0.5) is 0 Å². The number of H-pyrrole nitrogens is 2. The second-order valence-corrected chi connectivity index (χ2v) is 6.73. The number of aromatic nitrogens is 4. The van der Waals surface area contributed by atoms with Crippen LogP contribution in [0.15, 0.2) is 23.3 Å². The van der Waals surface area contributed by atoms with Crippen molar-refractivity contribution in [3.63, 3.8) is 0 Å². The Balaban J connectivity index is 1.82. The van der Waals surface area contributed by atoms with Gasteiger partial charge >= 0.3 is 5.69 Å². The van der Waals surface area contributed by atoms with Crippen molar-refractivity contribution in [1.82, 2.24) is 19.5 Å². The Labute approximate surface area is 126 Å². The number of aliphatic hydroxyl groups is 1. The van der Waals surface area contributed by atoms with E-state index in [9.17, 15) is 9.90 Å². The molecule has 0 amide bonds. The van der Waals surface area contributed by atoms with E-state index in [-0.39, 0.29) is 24.3 Å². The first-order valence-electron chi connectivity index (χ1n) is 7.95. The van der Waals surface area contributed by atoms with Gasteiger partial charge in [0.2, 0.25) is 0 Å². The molecule has 2 saturated carbocycles. The van der Waals surface area contributed by atoms with Crippen molar-refractivity contribution >= 4 is 22.1 Å². The van der Waals surface area contributed by atoms with Gasteiger partial charge in [0.1, 0.15) is 5.65 Å². The van der Waals surface area contributed by atoms with Crippen LogP contribution in [0, 0.1) is 17.8 Å². The van der Waals surface area contributed by atoms with E-state index < -0.39 is 0 Å². The molecule has 0 aliphatic heterocycles. The highest BCUT2D eigenvalue weighted by molar-refractivity contribution is 6.00. The first-order chi connectivity index (χ1) is 10.8. The van der Waals surface area contributed by atoms with E-state index in [2.05, 4.69) is 15.0 Å². The number of hydrogen-bond acceptors (Lipinski definition) is 3. The largest absolute Gasteiger partial charge is 0.396 e. The molecule has 22 heavy (non-hydrogen) atoms. The fourth-order valence-electron chi connectivity index (χ4n) is 4.95. The first kappa shape index (κ1) is 12.5. The lowest BCUT2D eigenvalue weighted by atomic mass is 9.84. The van der Waals surface area contributed by atoms with E-state index >= 15 is 0 Å². The summed E-state index contributed by atoms with van der Waals surface area (Å²) in [6, 6.07) is 2.07. The maximum absolute atomic E-state index is 12.6. The van der Waals surface area contributed by atoms with Crippen molar-refractivity contribution in [1.29, 1.82) is 0 Å². The summed E-state index contributed by atoms with van der Waals surface area (Å²) in [5, 5.41) is 10.8. The van der Waals surface area contributed by atoms with Crippen molar-refractivity contribution < 1.29 is 5.11 Å². The minimum absolute atomic E-state index is 0.0819. The smallest absolute Gasteiger partial charge is 0.326 e. The Kier molecular flexibility index (Phi) is 2.39. The van der Waals surface area contributed by atoms with Crippen LogP contribution >= 0.6 is 0 Å². The zero-order chi connectivity index (χ0) is 14.8. The van der Waals surface area contributed by atoms with Gasteiger partial charge in [-0.3, -0.25) is 4.57 Å². The molecule has 3 aromatic heterocycles. The number of pyridine rings is 1. The average molecular weight is 298 g/mol. The lowest BCUT2D eigenvalue weighted by Gasteiger charge is -2.30. The number of rotatable bonds is 2. The van der Waals surface area contributed by atoms with Gasteiger partial charge in [-0.1, -0.05) is 0 Å². The maximum Gasteiger partial charge on any atom is 0.326 e. The summed E-state index contributed by atoms with van der Waals surface area (Å²) in [5.74, 6) is 1.25. The van der Waals surface area contributed by atoms with Gasteiger partial charge in [-0.25, -0.2) is 9.78 Å². The van der Waals surface area contributed by atoms with Crippen molar-refractivity contribution in [2.24, 2.45) is 17.8 Å². The highest BCUT2D eigenvalue weighted by atomic mass is 16.3. The Morgan fingerprint density at radius 2 is 2.23 bits per heavy atom. The summed E-state index contributed by atoms with van der Waals surface area (Å²) in [6.07, 6.45) is 7.05. The minimum atomic E-state index is -0.0819. The molecular formula is C16H18N4O2. The number of aliphatic hydroxyl groups excluding tert-OH is 1. The van der Waals surface area contributed by atoms with Gasteiger partial charge in [0.25, 0.3) is 0 Å². The van der Waals surface area contributed by atoms with Crippen LogP contribution in [0.25, 0.3) is 22.1 Å². The zero-order valence-corrected chi connectivity index (χ0v) is 12.1. The van der Waals surface area contributed by atoms with E-state index in [1.807, 2.05) is 16.8 Å². The second kappa shape index (κ2) is 4.23. The average Bonchev–Trinajstić information content (AvgIpc) is 3.27. The summed E-state index contributed by atoms with van der Waals surface area (Å²) in [6.45, 7) is 0.159. The van der Waals surface area contributed by atoms with Crippen LogP contribution in [0.5, 0.6) is 0 Å². The number of hydrogen-bond donors (Lipinski definition) is 3. The van der Waals surface area contributed by atoms with Gasteiger partial charge in [-0.2, -0.15) is 0 Å². The van der Waals surface area contributed by atoms with Crippen LogP contribution in [0.2, 0.25) is 0 Å². The number of nitrogens with zero attached hydrogens (tertiary/aromatic N) is 2. The monoisotopic (exact) mass is 298 g/mol. The highest BCUT2D eigenvalue weighted by Gasteiger charge is 2.49. The summed E-state index contributed by atoms with van der Waals surface area (Å²) in [5.41, 5.74) is 2.41. The Bertz CT molecular complexity index is 921. The molecule has 2 aliphatic rings. The fraction of sp³-hybridized carbons (Fsp3) is 0.500. The van der Waals surface area contributed by atoms with E-state index in [4.69, 9.17) is 0 Å². The Morgan fingerprint density at radius 1 is 1.36 bits per heavy atom. The molecule has 6 heteroatoms. The Hall–Kier alpha value is -2.08. The molecule has 2 aliphatic carbocycles. The maximum atomic E-state index is 12.6. The molecule has 3 N–H and O–H groups in total. The molecule has 3 heterocycles. The molecule has 0 saturated heterocycles. The lowest BCUT2D eigenvalue weighted by molar-refractivity contribution is 0.129. The molecule has 0 aromatic carbocycles. The summed E-state index contributed by atoms with van der Waals surface area (Å²) in [4.78, 5) is 23.0. The fourth-order valence-corrected chi connectivity index (χ4v) is 4.95. The van der Waals surface area contributed by atoms with Crippen molar-refractivity contribution in [2.45, 2.75) is 25.3 Å². The van der Waals surface area contributed by atoms with Gasteiger partial charge in [-0.15, -0.1) is 0 Å². The Morgan fingerprint density at radius 3 is 3.09 bits per heavy atom. The SMILES string of the molecule is O=c1[nH]c2cnc3[nH]ccc3c2n1C1C2CCC(C2)C1CO. The predicted molar refractivity (Wildman–Crippen MR) is 82.7 cm³/mol. The van der Waals surface area contributed by atoms with E-state index in [1.54, 1.807) is 6.20 Å². The molecule has 5 rings (SSSR count). The normalized spacial score (nSPS) is 30.8. The third-order valence-electron chi connectivity index (χ3n) is 5.81. The summed E-state index contributed by atoms with van der Waals surface area (Å²) < 4.78 is 1.90. The molecule has 2 bridgehead atoms. The molecule has 4 unspecified atom stereocenters. The molecule has 114 valence electrons. The number of aromatic amines is 2. The van der Waals surface area contributed by atoms with Gasteiger partial charge in [-0.05, 0) is 37.2 Å².